The Bertz CT molecular complexity index is 1320. The minimum absolute atomic E-state index is 0.00797. The monoisotopic (exact) mass is 518 g/mol. The van der Waals surface area contributed by atoms with Crippen LogP contribution >= 0.6 is 11.6 Å². The number of halogens is 1. The van der Waals surface area contributed by atoms with E-state index in [4.69, 9.17) is 21.1 Å². The second-order valence-electron chi connectivity index (χ2n) is 10.9. The summed E-state index contributed by atoms with van der Waals surface area (Å²) in [5, 5.41) is 11.6. The van der Waals surface area contributed by atoms with Gasteiger partial charge in [-0.05, 0) is 95.3 Å². The molecule has 3 aromatic carbocycles. The number of carbonyl (C=O) groups excluding carboxylic acids is 1. The summed E-state index contributed by atoms with van der Waals surface area (Å²) in [5.41, 5.74) is 5.80. The van der Waals surface area contributed by atoms with Crippen molar-refractivity contribution in [2.45, 2.75) is 64.9 Å². The second kappa shape index (κ2) is 10.6. The van der Waals surface area contributed by atoms with E-state index in [-0.39, 0.29) is 16.6 Å². The van der Waals surface area contributed by atoms with Gasteiger partial charge in [0.2, 0.25) is 0 Å². The van der Waals surface area contributed by atoms with Gasteiger partial charge < -0.3 is 14.6 Å². The number of carbonyl (C=O) groups is 1. The fraction of sp³-hybridized carbons (Fsp3) is 0.344. The molecule has 0 radical (unpaired) electrons. The summed E-state index contributed by atoms with van der Waals surface area (Å²) in [4.78, 5) is 11.8. The number of hydrogen-bond donors (Lipinski definition) is 1. The molecule has 37 heavy (non-hydrogen) atoms. The van der Waals surface area contributed by atoms with Gasteiger partial charge in [-0.25, -0.2) is 4.79 Å². The van der Waals surface area contributed by atoms with Gasteiger partial charge in [-0.3, -0.25) is 0 Å². The predicted molar refractivity (Wildman–Crippen MR) is 150 cm³/mol. The lowest BCUT2D eigenvalue weighted by molar-refractivity contribution is -0.137. The Balaban J connectivity index is 1.83. The third-order valence-corrected chi connectivity index (χ3v) is 7.52. The van der Waals surface area contributed by atoms with E-state index in [1.54, 1.807) is 25.1 Å². The first-order chi connectivity index (χ1) is 17.5. The van der Waals surface area contributed by atoms with E-state index in [9.17, 15) is 9.90 Å². The molecule has 194 valence electrons. The molecule has 0 bridgehead atoms. The number of aromatic hydroxyl groups is 1. The Kier molecular flexibility index (Phi) is 7.70. The molecule has 1 aliphatic rings. The first-order valence-corrected chi connectivity index (χ1v) is 13.1. The summed E-state index contributed by atoms with van der Waals surface area (Å²) < 4.78 is 11.4. The summed E-state index contributed by atoms with van der Waals surface area (Å²) in [6.07, 6.45) is 5.25. The smallest absolute Gasteiger partial charge is 0.330 e. The molecule has 0 unspecified atom stereocenters. The van der Waals surface area contributed by atoms with Gasteiger partial charge in [-0.2, -0.15) is 0 Å². The Morgan fingerprint density at radius 2 is 1.59 bits per heavy atom. The number of hydrogen-bond acceptors (Lipinski definition) is 4. The molecule has 0 saturated heterocycles. The highest BCUT2D eigenvalue weighted by Gasteiger charge is 2.38. The van der Waals surface area contributed by atoms with Crippen LogP contribution in [0.4, 0.5) is 0 Å². The molecule has 3 aromatic rings. The molecule has 4 rings (SSSR count). The molecule has 0 aliphatic heterocycles. The zero-order valence-electron chi connectivity index (χ0n) is 22.2. The van der Waals surface area contributed by atoms with Crippen LogP contribution in [-0.2, 0) is 27.0 Å². The molecule has 0 atom stereocenters. The fourth-order valence-electron chi connectivity index (χ4n) is 4.89. The van der Waals surface area contributed by atoms with Crippen molar-refractivity contribution in [3.63, 3.8) is 0 Å². The van der Waals surface area contributed by atoms with Crippen molar-refractivity contribution < 1.29 is 19.4 Å². The molecule has 0 aromatic heterocycles. The van der Waals surface area contributed by atoms with Gasteiger partial charge in [-0.15, -0.1) is 0 Å². The number of benzene rings is 3. The summed E-state index contributed by atoms with van der Waals surface area (Å²) >= 11 is 6.06. The molecule has 5 heteroatoms. The Morgan fingerprint density at radius 1 is 0.946 bits per heavy atom. The quantitative estimate of drug-likeness (QED) is 0.253. The maximum atomic E-state index is 11.8. The lowest BCUT2D eigenvalue weighted by Crippen LogP contribution is -2.33. The average Bonchev–Trinajstić information content (AvgIpc) is 2.86. The lowest BCUT2D eigenvalue weighted by Gasteiger charge is -2.42. The number of esters is 1. The summed E-state index contributed by atoms with van der Waals surface area (Å²) in [6, 6.07) is 17.2. The first-order valence-electron chi connectivity index (χ1n) is 12.7. The predicted octanol–water partition coefficient (Wildman–Crippen LogP) is 8.22. The van der Waals surface area contributed by atoms with Crippen LogP contribution in [0.1, 0.15) is 69.7 Å². The molecule has 1 N–H and O–H groups in total. The largest absolute Gasteiger partial charge is 0.507 e. The van der Waals surface area contributed by atoms with Crippen LogP contribution < -0.4 is 4.74 Å². The van der Waals surface area contributed by atoms with Crippen LogP contribution in [0.5, 0.6) is 11.5 Å². The Labute approximate surface area is 224 Å². The second-order valence-corrected chi connectivity index (χ2v) is 11.4. The zero-order valence-corrected chi connectivity index (χ0v) is 23.0. The third-order valence-electron chi connectivity index (χ3n) is 7.27. The minimum atomic E-state index is -0.401. The molecular formula is C32H35ClO4. The van der Waals surface area contributed by atoms with E-state index in [2.05, 4.69) is 39.8 Å². The van der Waals surface area contributed by atoms with Gasteiger partial charge in [0.15, 0.2) is 0 Å². The number of phenols is 1. The minimum Gasteiger partial charge on any atom is -0.507 e. The van der Waals surface area contributed by atoms with Gasteiger partial charge in [0.1, 0.15) is 18.1 Å². The lowest BCUT2D eigenvalue weighted by atomic mass is 9.62. The maximum absolute atomic E-state index is 11.8. The normalized spacial score (nSPS) is 15.8. The van der Waals surface area contributed by atoms with Crippen molar-refractivity contribution in [1.82, 2.24) is 0 Å². The summed E-state index contributed by atoms with van der Waals surface area (Å²) in [6.45, 7) is 11.6. The molecule has 0 fully saturated rings. The molecule has 1 aliphatic carbocycles. The number of phenolic OH excluding ortho intramolecular Hbond substituents is 1. The van der Waals surface area contributed by atoms with Crippen LogP contribution in [0.2, 0.25) is 5.02 Å². The highest BCUT2D eigenvalue weighted by atomic mass is 35.5. The van der Waals surface area contributed by atoms with Gasteiger partial charge in [0.05, 0.1) is 6.61 Å². The number of fused-ring (bicyclic) bond motifs is 1. The van der Waals surface area contributed by atoms with Gasteiger partial charge in [0, 0.05) is 22.2 Å². The fourth-order valence-corrected chi connectivity index (χ4v) is 5.02. The van der Waals surface area contributed by atoms with Crippen LogP contribution in [-0.4, -0.2) is 17.7 Å². The van der Waals surface area contributed by atoms with E-state index in [1.165, 1.54) is 17.2 Å². The van der Waals surface area contributed by atoms with Gasteiger partial charge >= 0.3 is 5.97 Å². The molecule has 0 spiro atoms. The van der Waals surface area contributed by atoms with Crippen molar-refractivity contribution in [2.75, 3.05) is 6.61 Å². The topological polar surface area (TPSA) is 55.8 Å². The summed E-state index contributed by atoms with van der Waals surface area (Å²) in [7, 11) is 0. The van der Waals surface area contributed by atoms with Crippen LogP contribution in [0.3, 0.4) is 0 Å². The van der Waals surface area contributed by atoms with Crippen LogP contribution in [0.15, 0.2) is 60.7 Å². The van der Waals surface area contributed by atoms with Crippen molar-refractivity contribution in [1.29, 1.82) is 0 Å². The van der Waals surface area contributed by atoms with Gasteiger partial charge in [-0.1, -0.05) is 57.5 Å². The zero-order chi connectivity index (χ0) is 26.8. The first kappa shape index (κ1) is 26.8. The average molecular weight is 519 g/mol. The molecular weight excluding hydrogens is 484 g/mol. The summed E-state index contributed by atoms with van der Waals surface area (Å²) in [5.74, 6) is 0.459. The highest BCUT2D eigenvalue weighted by molar-refractivity contribution is 6.30. The maximum Gasteiger partial charge on any atom is 0.330 e. The van der Waals surface area contributed by atoms with Crippen LogP contribution in [0, 0.1) is 0 Å². The SMILES string of the molecule is CCOC(=O)/C=C/c1ccc(O)c(-c2cc3c(cc2OCc2ccc(Cl)cc2)C(C)(C)CCC3(C)C)c1. The Hall–Kier alpha value is -3.24. The van der Waals surface area contributed by atoms with E-state index in [1.807, 2.05) is 30.3 Å². The Morgan fingerprint density at radius 3 is 2.24 bits per heavy atom. The molecule has 0 saturated carbocycles. The van der Waals surface area contributed by atoms with Crippen molar-refractivity contribution in [3.05, 3.63) is 87.9 Å². The molecule has 0 heterocycles. The molecule has 0 amide bonds. The van der Waals surface area contributed by atoms with Crippen molar-refractivity contribution in [2.24, 2.45) is 0 Å². The standard InChI is InChI=1S/C32H35ClO4/c1-6-36-30(35)14-10-21-9-13-28(34)24(17-21)25-18-26-27(32(4,5)16-15-31(26,2)3)19-29(25)37-20-22-7-11-23(33)12-8-22/h7-14,17-19,34H,6,15-16,20H2,1-5H3/b14-10+. The van der Waals surface area contributed by atoms with Crippen molar-refractivity contribution in [3.8, 4) is 22.6 Å². The van der Waals surface area contributed by atoms with E-state index in [0.29, 0.717) is 29.5 Å². The number of ether oxygens (including phenoxy) is 2. The van der Waals surface area contributed by atoms with E-state index >= 15 is 0 Å². The van der Waals surface area contributed by atoms with Gasteiger partial charge in [0.25, 0.3) is 0 Å². The molecule has 4 nitrogen and oxygen atoms in total. The van der Waals surface area contributed by atoms with E-state index < -0.39 is 5.97 Å². The third kappa shape index (κ3) is 6.02. The number of rotatable bonds is 7. The van der Waals surface area contributed by atoms with Crippen molar-refractivity contribution >= 4 is 23.6 Å². The highest BCUT2D eigenvalue weighted by Crippen LogP contribution is 2.50. The van der Waals surface area contributed by atoms with E-state index in [0.717, 1.165) is 29.5 Å². The van der Waals surface area contributed by atoms with Crippen LogP contribution in [0.25, 0.3) is 17.2 Å².